The van der Waals surface area contributed by atoms with E-state index in [0.29, 0.717) is 0 Å². The summed E-state index contributed by atoms with van der Waals surface area (Å²) in [4.78, 5) is 0. The second-order valence-electron chi connectivity index (χ2n) is 9.12. The highest BCUT2D eigenvalue weighted by Gasteiger charge is 2.41. The number of hydrogen-bond acceptors (Lipinski definition) is 0. The quantitative estimate of drug-likeness (QED) is 0.489. The van der Waals surface area contributed by atoms with Crippen molar-refractivity contribution < 1.29 is 0 Å². The van der Waals surface area contributed by atoms with Gasteiger partial charge in [0.2, 0.25) is 0 Å². The zero-order valence-electron chi connectivity index (χ0n) is 17.1. The van der Waals surface area contributed by atoms with E-state index < -0.39 is 16.1 Å². The van der Waals surface area contributed by atoms with Crippen molar-refractivity contribution in [1.82, 2.24) is 0 Å². The topological polar surface area (TPSA) is 0 Å². The van der Waals surface area contributed by atoms with Gasteiger partial charge in [-0.3, -0.25) is 0 Å². The normalized spacial score (nSPS) is 18.3. The molecule has 0 radical (unpaired) electrons. The van der Waals surface area contributed by atoms with E-state index in [1.165, 1.54) is 22.3 Å². The molecule has 2 heterocycles. The molecule has 3 aromatic rings. The van der Waals surface area contributed by atoms with Gasteiger partial charge in [-0.25, -0.2) is 0 Å². The van der Waals surface area contributed by atoms with E-state index in [9.17, 15) is 0 Å². The van der Waals surface area contributed by atoms with Crippen molar-refractivity contribution in [2.45, 2.75) is 26.2 Å². The van der Waals surface area contributed by atoms with Crippen LogP contribution in [0, 0.1) is 0 Å². The van der Waals surface area contributed by atoms with Crippen molar-refractivity contribution in [3.63, 3.8) is 0 Å². The Morgan fingerprint density at radius 3 is 1.21 bits per heavy atom. The maximum Gasteiger partial charge on any atom is 0.113 e. The number of benzene rings is 3. The molecular formula is C26H26Si2. The lowest BCUT2D eigenvalue weighted by Gasteiger charge is -2.25. The maximum atomic E-state index is 2.54. The molecule has 0 fully saturated rings. The molecule has 138 valence electrons. The van der Waals surface area contributed by atoms with Crippen LogP contribution in [0.15, 0.2) is 72.8 Å². The van der Waals surface area contributed by atoms with Gasteiger partial charge >= 0.3 is 0 Å². The molecule has 0 saturated heterocycles. The van der Waals surface area contributed by atoms with E-state index in [0.717, 1.165) is 0 Å². The molecule has 0 unspecified atom stereocenters. The van der Waals surface area contributed by atoms with E-state index >= 15 is 0 Å². The summed E-state index contributed by atoms with van der Waals surface area (Å²) in [5, 5.41) is 6.33. The predicted molar refractivity (Wildman–Crippen MR) is 129 cm³/mol. The number of rotatable bonds is 2. The third-order valence-corrected chi connectivity index (χ3v) is 13.8. The van der Waals surface area contributed by atoms with Crippen LogP contribution in [0.1, 0.15) is 22.3 Å². The average Bonchev–Trinajstić information content (AvgIpc) is 3.12. The lowest BCUT2D eigenvalue weighted by atomic mass is 10.1. The summed E-state index contributed by atoms with van der Waals surface area (Å²) < 4.78 is 0. The predicted octanol–water partition coefficient (Wildman–Crippen LogP) is 5.70. The molecule has 0 spiro atoms. The molecule has 0 bridgehead atoms. The Labute approximate surface area is 170 Å². The van der Waals surface area contributed by atoms with Crippen LogP contribution in [-0.4, -0.2) is 16.1 Å². The van der Waals surface area contributed by atoms with E-state index in [1.807, 2.05) is 0 Å². The van der Waals surface area contributed by atoms with Crippen LogP contribution in [0.25, 0.3) is 22.5 Å². The van der Waals surface area contributed by atoms with Gasteiger partial charge in [0.25, 0.3) is 0 Å². The first-order chi connectivity index (χ1) is 13.4. The Bertz CT molecular complexity index is 1040. The number of hydrogen-bond donors (Lipinski definition) is 0. The van der Waals surface area contributed by atoms with Gasteiger partial charge in [0.1, 0.15) is 16.1 Å². The van der Waals surface area contributed by atoms with Crippen LogP contribution in [0.4, 0.5) is 0 Å². The van der Waals surface area contributed by atoms with E-state index in [2.05, 4.69) is 111 Å². The molecule has 5 rings (SSSR count). The summed E-state index contributed by atoms with van der Waals surface area (Å²) in [6.07, 6.45) is 4.98. The highest BCUT2D eigenvalue weighted by molar-refractivity contribution is 7.09. The Morgan fingerprint density at radius 1 is 0.500 bits per heavy atom. The van der Waals surface area contributed by atoms with E-state index in [-0.39, 0.29) is 0 Å². The Hall–Kier alpha value is -2.43. The zero-order valence-corrected chi connectivity index (χ0v) is 19.1. The summed E-state index contributed by atoms with van der Waals surface area (Å²) in [5.41, 5.74) is 5.73. The van der Waals surface area contributed by atoms with Crippen LogP contribution in [0.3, 0.4) is 0 Å². The summed E-state index contributed by atoms with van der Waals surface area (Å²) in [6, 6.07) is 27.0. The molecular weight excluding hydrogens is 368 g/mol. The molecule has 2 heteroatoms. The molecule has 0 aliphatic carbocycles. The molecule has 0 saturated carbocycles. The molecule has 3 aromatic carbocycles. The third kappa shape index (κ3) is 2.48. The summed E-state index contributed by atoms with van der Waals surface area (Å²) in [7, 11) is -3.35. The average molecular weight is 395 g/mol. The fourth-order valence-electron chi connectivity index (χ4n) is 5.04. The van der Waals surface area contributed by atoms with Crippen molar-refractivity contribution in [3.8, 4) is 0 Å². The minimum Gasteiger partial charge on any atom is -0.0622 e. The fourth-order valence-corrected chi connectivity index (χ4v) is 11.2. The van der Waals surface area contributed by atoms with Crippen molar-refractivity contribution in [2.24, 2.45) is 0 Å². The first kappa shape index (κ1) is 17.7. The second-order valence-corrected chi connectivity index (χ2v) is 17.8. The van der Waals surface area contributed by atoms with E-state index in [1.54, 1.807) is 20.8 Å². The second kappa shape index (κ2) is 6.03. The van der Waals surface area contributed by atoms with Gasteiger partial charge in [-0.05, 0) is 43.0 Å². The van der Waals surface area contributed by atoms with Gasteiger partial charge in [-0.1, -0.05) is 111 Å². The Morgan fingerprint density at radius 2 is 0.857 bits per heavy atom. The van der Waals surface area contributed by atoms with Gasteiger partial charge < -0.3 is 0 Å². The lowest BCUT2D eigenvalue weighted by Crippen LogP contribution is -2.45. The van der Waals surface area contributed by atoms with Crippen molar-refractivity contribution in [3.05, 3.63) is 95.1 Å². The third-order valence-electron chi connectivity index (χ3n) is 6.68. The molecule has 0 N–H and O–H groups in total. The van der Waals surface area contributed by atoms with Crippen LogP contribution >= 0.6 is 0 Å². The maximum absolute atomic E-state index is 2.54. The fraction of sp³-hybridized carbons (Fsp3) is 0.154. The highest BCUT2D eigenvalue weighted by Crippen LogP contribution is 2.38. The highest BCUT2D eigenvalue weighted by atomic mass is 28.3. The zero-order chi connectivity index (χ0) is 19.5. The van der Waals surface area contributed by atoms with Gasteiger partial charge in [-0.2, -0.15) is 0 Å². The van der Waals surface area contributed by atoms with Crippen LogP contribution in [-0.2, 0) is 0 Å². The van der Waals surface area contributed by atoms with Crippen molar-refractivity contribution in [2.75, 3.05) is 0 Å². The molecule has 2 aliphatic rings. The Balaban J connectivity index is 1.65. The lowest BCUT2D eigenvalue weighted by molar-refractivity contribution is 1.64. The van der Waals surface area contributed by atoms with Crippen molar-refractivity contribution in [1.29, 1.82) is 0 Å². The minimum atomic E-state index is -1.67. The minimum absolute atomic E-state index is 1.40. The first-order valence-electron chi connectivity index (χ1n) is 10.1. The van der Waals surface area contributed by atoms with Crippen LogP contribution in [0.2, 0.25) is 26.2 Å². The smallest absolute Gasteiger partial charge is 0.0622 e. The van der Waals surface area contributed by atoms with Crippen LogP contribution in [0.5, 0.6) is 0 Å². The van der Waals surface area contributed by atoms with Gasteiger partial charge in [-0.15, -0.1) is 0 Å². The molecule has 0 nitrogen and oxygen atoms in total. The summed E-state index contributed by atoms with van der Waals surface area (Å²) in [6.45, 7) is 10.0. The van der Waals surface area contributed by atoms with Gasteiger partial charge in [0.05, 0.1) is 0 Å². The summed E-state index contributed by atoms with van der Waals surface area (Å²) in [5.74, 6) is 0. The van der Waals surface area contributed by atoms with Gasteiger partial charge in [0, 0.05) is 0 Å². The van der Waals surface area contributed by atoms with Crippen LogP contribution < -0.4 is 10.4 Å². The summed E-state index contributed by atoms with van der Waals surface area (Å²) >= 11 is 0. The van der Waals surface area contributed by atoms with Crippen molar-refractivity contribution >= 4 is 49.1 Å². The largest absolute Gasteiger partial charge is 0.113 e. The molecule has 0 amide bonds. The molecule has 0 aromatic heterocycles. The standard InChI is InChI=1S/C26H26Si2/c1-27(2)23(19-11-7-5-8-12-19)15-21-18-26-22(17-25(21)27)16-24(28(26,3)4)20-13-9-6-10-14-20/h5-18H,1-4H3. The SMILES string of the molecule is C[Si]1(C)C(c2ccccc2)=Cc2cc3c(cc21)C=C(c1ccccc1)[Si]3(C)C. The molecule has 28 heavy (non-hydrogen) atoms. The molecule has 0 atom stereocenters. The first-order valence-corrected chi connectivity index (χ1v) is 16.1. The van der Waals surface area contributed by atoms with E-state index in [4.69, 9.17) is 0 Å². The van der Waals surface area contributed by atoms with Gasteiger partial charge in [0.15, 0.2) is 0 Å². The number of fused-ring (bicyclic) bond motifs is 2. The molecule has 2 aliphatic heterocycles. The Kier molecular flexibility index (Phi) is 3.81. The monoisotopic (exact) mass is 394 g/mol.